The van der Waals surface area contributed by atoms with Crippen molar-refractivity contribution >= 4 is 27.5 Å². The number of rotatable bonds is 10. The monoisotopic (exact) mass is 537 g/mol. The Morgan fingerprint density at radius 1 is 1.05 bits per heavy atom. The van der Waals surface area contributed by atoms with Crippen LogP contribution in [0, 0.1) is 11.6 Å². The highest BCUT2D eigenvalue weighted by atomic mass is 32.2. The van der Waals surface area contributed by atoms with E-state index in [0.29, 0.717) is 15.6 Å². The van der Waals surface area contributed by atoms with Crippen LogP contribution in [0.4, 0.5) is 14.5 Å². The zero-order valence-corrected chi connectivity index (χ0v) is 22.1. The number of carbonyl (C=O) groups is 2. The van der Waals surface area contributed by atoms with Crippen LogP contribution in [-0.2, 0) is 26.2 Å². The SMILES string of the molecule is COc1ccc(CN(C(=O)CN(c2ccc(F)c(F)c2)S(C)(=O)=O)C(C)C(=O)NC2CCCCC2)cc1. The topological polar surface area (TPSA) is 96.0 Å². The highest BCUT2D eigenvalue weighted by Crippen LogP contribution is 2.23. The molecule has 37 heavy (non-hydrogen) atoms. The number of sulfonamides is 1. The van der Waals surface area contributed by atoms with Crippen LogP contribution in [0.25, 0.3) is 0 Å². The molecule has 2 aromatic rings. The van der Waals surface area contributed by atoms with E-state index in [0.717, 1.165) is 56.6 Å². The van der Waals surface area contributed by atoms with Crippen molar-refractivity contribution in [1.82, 2.24) is 10.2 Å². The molecule has 1 fully saturated rings. The Hall–Kier alpha value is -3.21. The molecule has 0 saturated heterocycles. The third-order valence-corrected chi connectivity index (χ3v) is 7.64. The Morgan fingerprint density at radius 3 is 2.27 bits per heavy atom. The predicted molar refractivity (Wildman–Crippen MR) is 137 cm³/mol. The third kappa shape index (κ3) is 7.64. The maximum atomic E-state index is 13.9. The van der Waals surface area contributed by atoms with Crippen LogP contribution < -0.4 is 14.4 Å². The molecule has 1 aliphatic rings. The summed E-state index contributed by atoms with van der Waals surface area (Å²) in [6.07, 6.45) is 5.76. The number of ether oxygens (including phenoxy) is 1. The summed E-state index contributed by atoms with van der Waals surface area (Å²) in [6, 6.07) is 8.63. The van der Waals surface area contributed by atoms with E-state index in [1.54, 1.807) is 31.2 Å². The second kappa shape index (κ2) is 12.4. The van der Waals surface area contributed by atoms with E-state index in [4.69, 9.17) is 4.74 Å². The van der Waals surface area contributed by atoms with Crippen molar-refractivity contribution < 1.29 is 31.5 Å². The van der Waals surface area contributed by atoms with E-state index in [-0.39, 0.29) is 24.2 Å². The Bertz CT molecular complexity index is 1200. The van der Waals surface area contributed by atoms with Gasteiger partial charge in [0.15, 0.2) is 11.6 Å². The fourth-order valence-corrected chi connectivity index (χ4v) is 5.17. The van der Waals surface area contributed by atoms with E-state index < -0.39 is 40.2 Å². The lowest BCUT2D eigenvalue weighted by atomic mass is 9.95. The lowest BCUT2D eigenvalue weighted by Crippen LogP contribution is -2.53. The number of nitrogens with zero attached hydrogens (tertiary/aromatic N) is 2. The Balaban J connectivity index is 1.88. The number of amides is 2. The van der Waals surface area contributed by atoms with Gasteiger partial charge in [-0.15, -0.1) is 0 Å². The molecule has 0 aliphatic heterocycles. The number of hydrogen-bond acceptors (Lipinski definition) is 5. The second-order valence-electron chi connectivity index (χ2n) is 9.26. The molecule has 0 heterocycles. The zero-order chi connectivity index (χ0) is 27.2. The standard InChI is InChI=1S/C26H33F2N3O5S/c1-18(26(33)29-20-7-5-4-6-8-20)30(16-19-9-12-22(36-2)13-10-19)25(32)17-31(37(3,34)35)21-11-14-23(27)24(28)15-21/h9-15,18,20H,4-8,16-17H2,1-3H3,(H,29,33). The largest absolute Gasteiger partial charge is 0.497 e. The number of nitrogens with one attached hydrogen (secondary N) is 1. The summed E-state index contributed by atoms with van der Waals surface area (Å²) in [5, 5.41) is 3.01. The summed E-state index contributed by atoms with van der Waals surface area (Å²) in [5.41, 5.74) is 0.503. The van der Waals surface area contributed by atoms with Crippen LogP contribution in [0.5, 0.6) is 5.75 Å². The summed E-state index contributed by atoms with van der Waals surface area (Å²) in [4.78, 5) is 28.0. The molecule has 202 valence electrons. The molecular weight excluding hydrogens is 504 g/mol. The minimum absolute atomic E-state index is 0.0244. The molecule has 0 spiro atoms. The summed E-state index contributed by atoms with van der Waals surface area (Å²) in [7, 11) is -2.52. The number of hydrogen-bond donors (Lipinski definition) is 1. The molecule has 0 bridgehead atoms. The van der Waals surface area contributed by atoms with Gasteiger partial charge in [0.05, 0.1) is 19.1 Å². The van der Waals surface area contributed by atoms with Gasteiger partial charge < -0.3 is 15.0 Å². The van der Waals surface area contributed by atoms with Gasteiger partial charge >= 0.3 is 0 Å². The van der Waals surface area contributed by atoms with Crippen LogP contribution in [0.1, 0.15) is 44.6 Å². The first-order valence-corrected chi connectivity index (χ1v) is 14.0. The van der Waals surface area contributed by atoms with Crippen LogP contribution in [0.2, 0.25) is 0 Å². The highest BCUT2D eigenvalue weighted by molar-refractivity contribution is 7.92. The van der Waals surface area contributed by atoms with Gasteiger partial charge in [-0.25, -0.2) is 17.2 Å². The number of anilines is 1. The van der Waals surface area contributed by atoms with Gasteiger partial charge in [0.2, 0.25) is 21.8 Å². The molecule has 11 heteroatoms. The van der Waals surface area contributed by atoms with Crippen LogP contribution in [-0.4, -0.2) is 57.1 Å². The van der Waals surface area contributed by atoms with Crippen LogP contribution >= 0.6 is 0 Å². The Kier molecular flexibility index (Phi) is 9.47. The molecule has 0 aromatic heterocycles. The van der Waals surface area contributed by atoms with Gasteiger partial charge in [0, 0.05) is 18.7 Å². The van der Waals surface area contributed by atoms with E-state index in [2.05, 4.69) is 5.32 Å². The van der Waals surface area contributed by atoms with Crippen molar-refractivity contribution in [2.45, 2.75) is 57.7 Å². The van der Waals surface area contributed by atoms with Crippen molar-refractivity contribution in [2.75, 3.05) is 24.2 Å². The van der Waals surface area contributed by atoms with Crippen molar-refractivity contribution in [2.24, 2.45) is 0 Å². The molecule has 2 aromatic carbocycles. The van der Waals surface area contributed by atoms with Crippen molar-refractivity contribution in [3.63, 3.8) is 0 Å². The van der Waals surface area contributed by atoms with Gasteiger partial charge in [-0.3, -0.25) is 13.9 Å². The van der Waals surface area contributed by atoms with E-state index in [1.165, 1.54) is 12.0 Å². The minimum Gasteiger partial charge on any atom is -0.497 e. The fraction of sp³-hybridized carbons (Fsp3) is 0.462. The first-order valence-electron chi connectivity index (χ1n) is 12.1. The molecule has 8 nitrogen and oxygen atoms in total. The quantitative estimate of drug-likeness (QED) is 0.500. The molecule has 1 N–H and O–H groups in total. The first-order chi connectivity index (χ1) is 17.5. The summed E-state index contributed by atoms with van der Waals surface area (Å²) in [5.74, 6) is -2.78. The van der Waals surface area contributed by atoms with Gasteiger partial charge in [-0.2, -0.15) is 0 Å². The molecular formula is C26H33F2N3O5S. The van der Waals surface area contributed by atoms with Crippen molar-refractivity contribution in [3.05, 3.63) is 59.7 Å². The number of methoxy groups -OCH3 is 1. The van der Waals surface area contributed by atoms with Crippen molar-refractivity contribution in [3.8, 4) is 5.75 Å². The highest BCUT2D eigenvalue weighted by Gasteiger charge is 2.31. The number of halogens is 2. The summed E-state index contributed by atoms with van der Waals surface area (Å²) >= 11 is 0. The molecule has 3 rings (SSSR count). The maximum absolute atomic E-state index is 13.9. The van der Waals surface area contributed by atoms with Gasteiger partial charge in [0.25, 0.3) is 0 Å². The minimum atomic E-state index is -4.05. The van der Waals surface area contributed by atoms with Crippen LogP contribution in [0.3, 0.4) is 0 Å². The lowest BCUT2D eigenvalue weighted by Gasteiger charge is -2.33. The summed E-state index contributed by atoms with van der Waals surface area (Å²) < 4.78 is 58.3. The number of carbonyl (C=O) groups excluding carboxylic acids is 2. The van der Waals surface area contributed by atoms with Gasteiger partial charge in [-0.1, -0.05) is 31.4 Å². The third-order valence-electron chi connectivity index (χ3n) is 6.50. The number of benzene rings is 2. The average molecular weight is 538 g/mol. The fourth-order valence-electron chi connectivity index (χ4n) is 4.33. The van der Waals surface area contributed by atoms with E-state index >= 15 is 0 Å². The van der Waals surface area contributed by atoms with Gasteiger partial charge in [0.1, 0.15) is 18.3 Å². The maximum Gasteiger partial charge on any atom is 0.244 e. The normalized spacial score (nSPS) is 15.1. The lowest BCUT2D eigenvalue weighted by molar-refractivity contribution is -0.139. The predicted octanol–water partition coefficient (Wildman–Crippen LogP) is 3.61. The summed E-state index contributed by atoms with van der Waals surface area (Å²) in [6.45, 7) is 0.917. The van der Waals surface area contributed by atoms with E-state index in [1.807, 2.05) is 0 Å². The molecule has 1 unspecified atom stereocenters. The molecule has 0 radical (unpaired) electrons. The van der Waals surface area contributed by atoms with Gasteiger partial charge in [-0.05, 0) is 49.6 Å². The van der Waals surface area contributed by atoms with Crippen molar-refractivity contribution in [1.29, 1.82) is 0 Å². The Labute approximate surface area is 216 Å². The molecule has 1 saturated carbocycles. The second-order valence-corrected chi connectivity index (χ2v) is 11.2. The molecule has 2 amide bonds. The smallest absolute Gasteiger partial charge is 0.244 e. The Morgan fingerprint density at radius 2 is 1.70 bits per heavy atom. The van der Waals surface area contributed by atoms with Crippen LogP contribution in [0.15, 0.2) is 42.5 Å². The molecule has 1 atom stereocenters. The first kappa shape index (κ1) is 28.4. The zero-order valence-electron chi connectivity index (χ0n) is 21.2. The average Bonchev–Trinajstić information content (AvgIpc) is 2.87. The molecule has 1 aliphatic carbocycles. The van der Waals surface area contributed by atoms with E-state index in [9.17, 15) is 26.8 Å².